The number of para-hydroxylation sites is 1. The number of nitrogens with one attached hydrogen (secondary N) is 1. The molecule has 1 fully saturated rings. The number of esters is 1. The highest BCUT2D eigenvalue weighted by molar-refractivity contribution is 5.93. The summed E-state index contributed by atoms with van der Waals surface area (Å²) in [7, 11) is 3.10. The number of aromatic nitrogens is 2. The van der Waals surface area contributed by atoms with E-state index in [1.807, 2.05) is 12.1 Å². The van der Waals surface area contributed by atoms with E-state index >= 15 is 0 Å². The minimum atomic E-state index is -0.519. The summed E-state index contributed by atoms with van der Waals surface area (Å²) >= 11 is 0. The molecule has 1 aromatic carbocycles. The number of benzene rings is 1. The minimum Gasteiger partial charge on any atom is -0.492 e. The van der Waals surface area contributed by atoms with Gasteiger partial charge in [0.15, 0.2) is 0 Å². The molecule has 1 amide bonds. The molecule has 1 unspecified atom stereocenters. The Morgan fingerprint density at radius 2 is 1.97 bits per heavy atom. The molecule has 1 saturated heterocycles. The van der Waals surface area contributed by atoms with Crippen molar-refractivity contribution in [2.75, 3.05) is 40.4 Å². The van der Waals surface area contributed by atoms with Crippen LogP contribution in [0.3, 0.4) is 0 Å². The topological polar surface area (TPSA) is 96.9 Å². The Labute approximate surface area is 209 Å². The van der Waals surface area contributed by atoms with Gasteiger partial charge in [0.2, 0.25) is 5.91 Å². The van der Waals surface area contributed by atoms with Gasteiger partial charge in [0.1, 0.15) is 11.3 Å². The van der Waals surface area contributed by atoms with Crippen LogP contribution in [0, 0.1) is 12.8 Å². The van der Waals surface area contributed by atoms with Gasteiger partial charge in [-0.25, -0.2) is 4.79 Å². The first-order chi connectivity index (χ1) is 17.4. The molecule has 0 spiro atoms. The van der Waals surface area contributed by atoms with Crippen LogP contribution in [0.15, 0.2) is 35.1 Å². The molecule has 3 aromatic rings. The first-order valence-corrected chi connectivity index (χ1v) is 12.4. The van der Waals surface area contributed by atoms with Gasteiger partial charge in [-0.2, -0.15) is 0 Å². The lowest BCUT2D eigenvalue weighted by Crippen LogP contribution is -2.29. The lowest BCUT2D eigenvalue weighted by molar-refractivity contribution is -0.126. The maximum Gasteiger partial charge on any atom is 0.343 e. The lowest BCUT2D eigenvalue weighted by atomic mass is 10.1. The normalized spacial score (nSPS) is 18.4. The van der Waals surface area contributed by atoms with Gasteiger partial charge < -0.3 is 23.9 Å². The molecular formula is C27H32N4O5. The third-order valence-corrected chi connectivity index (χ3v) is 7.38. The van der Waals surface area contributed by atoms with E-state index in [1.165, 1.54) is 24.1 Å². The molecule has 9 nitrogen and oxygen atoms in total. The summed E-state index contributed by atoms with van der Waals surface area (Å²) in [4.78, 5) is 45.3. The number of likely N-dealkylation sites (tertiary alicyclic amines) is 1. The summed E-state index contributed by atoms with van der Waals surface area (Å²) in [6.45, 7) is 5.53. The van der Waals surface area contributed by atoms with E-state index in [4.69, 9.17) is 9.47 Å². The number of pyridine rings is 1. The Bertz CT molecular complexity index is 1370. The molecule has 0 saturated carbocycles. The zero-order valence-electron chi connectivity index (χ0n) is 21.0. The standard InChI is InChI=1S/C27H32N4O5/c1-17-20(19-6-4-5-7-21(19)28-17)15-30-9-8-22-26(27(34)35-3)23(13-25(33)31(22)11-10-30)36-16-18-12-24(32)29(2)14-18/h4-7,13,18,28H,8-12,14-16H2,1-3H3. The SMILES string of the molecule is COC(=O)c1c(OCC2CC(=O)N(C)C2)cc(=O)n2c1CCN(Cc1c(C)[nH]c3ccccc13)CC2. The number of aromatic amines is 1. The van der Waals surface area contributed by atoms with Gasteiger partial charge in [0, 0.05) is 86.9 Å². The Balaban J connectivity index is 1.40. The van der Waals surface area contributed by atoms with Crippen molar-refractivity contribution in [1.29, 1.82) is 0 Å². The molecule has 190 valence electrons. The van der Waals surface area contributed by atoms with Gasteiger partial charge in [-0.3, -0.25) is 14.5 Å². The predicted octanol–water partition coefficient (Wildman–Crippen LogP) is 2.34. The predicted molar refractivity (Wildman–Crippen MR) is 135 cm³/mol. The van der Waals surface area contributed by atoms with Gasteiger partial charge in [-0.05, 0) is 18.6 Å². The fraction of sp³-hybridized carbons (Fsp3) is 0.444. The number of hydrogen-bond donors (Lipinski definition) is 1. The highest BCUT2D eigenvalue weighted by Crippen LogP contribution is 2.28. The first-order valence-electron chi connectivity index (χ1n) is 12.4. The molecule has 0 bridgehead atoms. The van der Waals surface area contributed by atoms with Crippen molar-refractivity contribution in [2.45, 2.75) is 32.9 Å². The Hall–Kier alpha value is -3.59. The van der Waals surface area contributed by atoms with E-state index in [0.29, 0.717) is 50.3 Å². The van der Waals surface area contributed by atoms with Crippen molar-refractivity contribution in [3.05, 3.63) is 63.2 Å². The molecule has 1 N–H and O–H groups in total. The second-order valence-corrected chi connectivity index (χ2v) is 9.77. The Morgan fingerprint density at radius 1 is 1.17 bits per heavy atom. The van der Waals surface area contributed by atoms with Gasteiger partial charge in [0.25, 0.3) is 5.56 Å². The van der Waals surface area contributed by atoms with Crippen LogP contribution < -0.4 is 10.3 Å². The number of nitrogens with zero attached hydrogens (tertiary/aromatic N) is 3. The van der Waals surface area contributed by atoms with Crippen LogP contribution in [0.25, 0.3) is 10.9 Å². The van der Waals surface area contributed by atoms with Crippen molar-refractivity contribution in [1.82, 2.24) is 19.4 Å². The summed E-state index contributed by atoms with van der Waals surface area (Å²) < 4.78 is 12.8. The Morgan fingerprint density at radius 3 is 2.72 bits per heavy atom. The third kappa shape index (κ3) is 4.51. The number of ether oxygens (including phenoxy) is 2. The zero-order valence-corrected chi connectivity index (χ0v) is 21.0. The zero-order chi connectivity index (χ0) is 25.4. The molecule has 2 aromatic heterocycles. The number of carbonyl (C=O) groups excluding carboxylic acids is 2. The van der Waals surface area contributed by atoms with Gasteiger partial charge >= 0.3 is 5.97 Å². The average Bonchev–Trinajstić information content (AvgIpc) is 3.26. The van der Waals surface area contributed by atoms with Crippen molar-refractivity contribution in [3.8, 4) is 5.75 Å². The smallest absolute Gasteiger partial charge is 0.343 e. The number of H-pyrrole nitrogens is 1. The Kier molecular flexibility index (Phi) is 6.57. The molecule has 0 radical (unpaired) electrons. The van der Waals surface area contributed by atoms with E-state index in [9.17, 15) is 14.4 Å². The summed E-state index contributed by atoms with van der Waals surface area (Å²) in [6.07, 6.45) is 0.916. The fourth-order valence-corrected chi connectivity index (χ4v) is 5.42. The van der Waals surface area contributed by atoms with Crippen LogP contribution in [0.4, 0.5) is 0 Å². The molecule has 36 heavy (non-hydrogen) atoms. The van der Waals surface area contributed by atoms with E-state index in [0.717, 1.165) is 17.8 Å². The van der Waals surface area contributed by atoms with Gasteiger partial charge in [-0.1, -0.05) is 18.2 Å². The third-order valence-electron chi connectivity index (χ3n) is 7.38. The van der Waals surface area contributed by atoms with E-state index in [1.54, 1.807) is 16.5 Å². The number of amides is 1. The average molecular weight is 493 g/mol. The van der Waals surface area contributed by atoms with Gasteiger partial charge in [-0.15, -0.1) is 0 Å². The highest BCUT2D eigenvalue weighted by Gasteiger charge is 2.30. The molecule has 9 heteroatoms. The number of hydrogen-bond acceptors (Lipinski definition) is 6. The maximum atomic E-state index is 13.1. The summed E-state index contributed by atoms with van der Waals surface area (Å²) in [5.41, 5.74) is 4.25. The van der Waals surface area contributed by atoms with E-state index in [-0.39, 0.29) is 29.7 Å². The second-order valence-electron chi connectivity index (χ2n) is 9.77. The van der Waals surface area contributed by atoms with Crippen LogP contribution in [-0.2, 0) is 29.0 Å². The quantitative estimate of drug-likeness (QED) is 0.531. The van der Waals surface area contributed by atoms with Crippen molar-refractivity contribution in [2.24, 2.45) is 5.92 Å². The summed E-state index contributed by atoms with van der Waals surface area (Å²) in [6, 6.07) is 9.65. The lowest BCUT2D eigenvalue weighted by Gasteiger charge is -2.19. The molecule has 4 heterocycles. The highest BCUT2D eigenvalue weighted by atomic mass is 16.5. The maximum absolute atomic E-state index is 13.1. The number of methoxy groups -OCH3 is 1. The van der Waals surface area contributed by atoms with Crippen molar-refractivity contribution >= 4 is 22.8 Å². The minimum absolute atomic E-state index is 0.0180. The second kappa shape index (κ2) is 9.81. The number of fused-ring (bicyclic) bond motifs is 2. The van der Waals surface area contributed by atoms with Crippen LogP contribution in [0.2, 0.25) is 0 Å². The van der Waals surface area contributed by atoms with E-state index < -0.39 is 5.97 Å². The molecule has 0 aliphatic carbocycles. The summed E-state index contributed by atoms with van der Waals surface area (Å²) in [5.74, 6) is -0.191. The van der Waals surface area contributed by atoms with Crippen molar-refractivity contribution in [3.63, 3.8) is 0 Å². The molecule has 5 rings (SSSR count). The van der Waals surface area contributed by atoms with E-state index in [2.05, 4.69) is 28.9 Å². The monoisotopic (exact) mass is 492 g/mol. The number of aryl methyl sites for hydroxylation is 1. The molecule has 2 aliphatic rings. The largest absolute Gasteiger partial charge is 0.492 e. The van der Waals surface area contributed by atoms with Crippen LogP contribution in [-0.4, -0.2) is 71.6 Å². The summed E-state index contributed by atoms with van der Waals surface area (Å²) in [5, 5.41) is 1.20. The van der Waals surface area contributed by atoms with Crippen molar-refractivity contribution < 1.29 is 19.1 Å². The van der Waals surface area contributed by atoms with Crippen LogP contribution in [0.5, 0.6) is 5.75 Å². The van der Waals surface area contributed by atoms with Crippen LogP contribution >= 0.6 is 0 Å². The number of rotatable bonds is 6. The van der Waals surface area contributed by atoms with Gasteiger partial charge in [0.05, 0.1) is 13.7 Å². The molecular weight excluding hydrogens is 460 g/mol. The first kappa shape index (κ1) is 24.1. The molecule has 1 atom stereocenters. The molecule has 2 aliphatic heterocycles. The number of carbonyl (C=O) groups is 2. The fourth-order valence-electron chi connectivity index (χ4n) is 5.42. The van der Waals surface area contributed by atoms with Crippen LogP contribution in [0.1, 0.15) is 33.7 Å².